The van der Waals surface area contributed by atoms with E-state index in [-0.39, 0.29) is 24.5 Å². The van der Waals surface area contributed by atoms with Crippen LogP contribution in [0.5, 0.6) is 0 Å². The van der Waals surface area contributed by atoms with Crippen LogP contribution in [0.25, 0.3) is 10.9 Å². The molecule has 3 N–H and O–H groups in total. The molecule has 0 bridgehead atoms. The predicted octanol–water partition coefficient (Wildman–Crippen LogP) is 2.76. The number of aliphatic hydroxyl groups is 1. The zero-order valence-corrected chi connectivity index (χ0v) is 13.5. The molecule has 0 aliphatic heterocycles. The number of amides is 2. The predicted molar refractivity (Wildman–Crippen MR) is 88.0 cm³/mol. The average molecular weight is 304 g/mol. The summed E-state index contributed by atoms with van der Waals surface area (Å²) < 4.78 is 1.92. The van der Waals surface area contributed by atoms with E-state index in [1.165, 1.54) is 0 Å². The highest BCUT2D eigenvalue weighted by atomic mass is 16.3. The largest absolute Gasteiger partial charge is 0.391 e. The van der Waals surface area contributed by atoms with Gasteiger partial charge < -0.3 is 15.7 Å². The molecular weight excluding hydrogens is 280 g/mol. The smallest absolute Gasteiger partial charge is 0.319 e. The molecule has 2 amide bonds. The highest BCUT2D eigenvalue weighted by Gasteiger charge is 2.11. The van der Waals surface area contributed by atoms with Gasteiger partial charge in [-0.15, -0.1) is 0 Å². The molecule has 1 atom stereocenters. The molecule has 0 fully saturated rings. The number of benzene rings is 1. The second kappa shape index (κ2) is 6.79. The number of fused-ring (bicyclic) bond motifs is 1. The van der Waals surface area contributed by atoms with Crippen molar-refractivity contribution >= 4 is 22.6 Å². The van der Waals surface area contributed by atoms with Crippen LogP contribution in [-0.2, 0) is 0 Å². The molecule has 1 unspecified atom stereocenters. The molecule has 0 saturated heterocycles. The van der Waals surface area contributed by atoms with Crippen molar-refractivity contribution in [1.29, 1.82) is 0 Å². The lowest BCUT2D eigenvalue weighted by Crippen LogP contribution is -2.37. The standard InChI is InChI=1S/C16H24N4O2/c1-10(2)15(21)9-17-16(22)19-13-6-5-12-8-18-20(11(3)4)14(12)7-13/h5-8,10-11,15,21H,9H2,1-4H3,(H2,17,19,22). The summed E-state index contributed by atoms with van der Waals surface area (Å²) in [6, 6.07) is 5.60. The van der Waals surface area contributed by atoms with Gasteiger partial charge in [0.15, 0.2) is 0 Å². The first kappa shape index (κ1) is 16.3. The Balaban J connectivity index is 2.05. The van der Waals surface area contributed by atoms with Crippen LogP contribution in [0.1, 0.15) is 33.7 Å². The van der Waals surface area contributed by atoms with Gasteiger partial charge in [0.1, 0.15) is 0 Å². The Hall–Kier alpha value is -2.08. The van der Waals surface area contributed by atoms with Crippen LogP contribution in [-0.4, -0.2) is 33.6 Å². The van der Waals surface area contributed by atoms with Crippen molar-refractivity contribution in [3.05, 3.63) is 24.4 Å². The van der Waals surface area contributed by atoms with Gasteiger partial charge in [0, 0.05) is 23.7 Å². The fourth-order valence-electron chi connectivity index (χ4n) is 2.14. The van der Waals surface area contributed by atoms with Gasteiger partial charge in [-0.25, -0.2) is 4.79 Å². The number of carbonyl (C=O) groups excluding carboxylic acids is 1. The van der Waals surface area contributed by atoms with E-state index in [0.29, 0.717) is 5.69 Å². The monoisotopic (exact) mass is 304 g/mol. The molecule has 1 aromatic carbocycles. The molecule has 1 heterocycles. The van der Waals surface area contributed by atoms with Crippen LogP contribution in [0.3, 0.4) is 0 Å². The van der Waals surface area contributed by atoms with Crippen LogP contribution in [0.15, 0.2) is 24.4 Å². The lowest BCUT2D eigenvalue weighted by atomic mass is 10.1. The minimum atomic E-state index is -0.546. The Labute approximate surface area is 130 Å². The highest BCUT2D eigenvalue weighted by Crippen LogP contribution is 2.21. The molecule has 0 radical (unpaired) electrons. The third-order valence-electron chi connectivity index (χ3n) is 3.59. The van der Waals surface area contributed by atoms with E-state index in [9.17, 15) is 9.90 Å². The summed E-state index contributed by atoms with van der Waals surface area (Å²) in [4.78, 5) is 11.9. The lowest BCUT2D eigenvalue weighted by molar-refractivity contribution is 0.126. The zero-order chi connectivity index (χ0) is 16.3. The summed E-state index contributed by atoms with van der Waals surface area (Å²) in [5.74, 6) is 0.108. The number of aliphatic hydroxyl groups excluding tert-OH is 1. The number of urea groups is 1. The number of anilines is 1. The summed E-state index contributed by atoms with van der Waals surface area (Å²) in [7, 11) is 0. The van der Waals surface area contributed by atoms with Gasteiger partial charge in [-0.3, -0.25) is 4.68 Å². The quantitative estimate of drug-likeness (QED) is 0.794. The summed E-state index contributed by atoms with van der Waals surface area (Å²) in [5.41, 5.74) is 1.68. The summed E-state index contributed by atoms with van der Waals surface area (Å²) in [5, 5.41) is 20.5. The number of carbonyl (C=O) groups is 1. The van der Waals surface area contributed by atoms with Crippen molar-refractivity contribution in [2.24, 2.45) is 5.92 Å². The third kappa shape index (κ3) is 3.76. The Morgan fingerprint density at radius 1 is 1.32 bits per heavy atom. The van der Waals surface area contributed by atoms with E-state index in [2.05, 4.69) is 29.6 Å². The molecule has 0 aliphatic carbocycles. The zero-order valence-electron chi connectivity index (χ0n) is 13.5. The second-order valence-corrected chi connectivity index (χ2v) is 6.10. The fourth-order valence-corrected chi connectivity index (χ4v) is 2.14. The maximum atomic E-state index is 11.9. The Bertz CT molecular complexity index is 649. The van der Waals surface area contributed by atoms with Gasteiger partial charge in [-0.05, 0) is 38.0 Å². The number of hydrogen-bond acceptors (Lipinski definition) is 3. The van der Waals surface area contributed by atoms with Crippen LogP contribution >= 0.6 is 0 Å². The molecule has 0 saturated carbocycles. The van der Waals surface area contributed by atoms with Crippen LogP contribution in [0.4, 0.5) is 10.5 Å². The normalized spacial score (nSPS) is 12.9. The Kier molecular flexibility index (Phi) is 5.03. The SMILES string of the molecule is CC(C)C(O)CNC(=O)Nc1ccc2cnn(C(C)C)c2c1. The lowest BCUT2D eigenvalue weighted by Gasteiger charge is -2.15. The molecule has 2 aromatic rings. The van der Waals surface area contributed by atoms with E-state index >= 15 is 0 Å². The van der Waals surface area contributed by atoms with Gasteiger partial charge in [-0.1, -0.05) is 13.8 Å². The summed E-state index contributed by atoms with van der Waals surface area (Å²) in [6.45, 7) is 8.17. The van der Waals surface area contributed by atoms with E-state index in [4.69, 9.17) is 0 Å². The van der Waals surface area contributed by atoms with Gasteiger partial charge in [0.05, 0.1) is 17.8 Å². The topological polar surface area (TPSA) is 79.2 Å². The average Bonchev–Trinajstić information content (AvgIpc) is 2.87. The number of hydrogen-bond donors (Lipinski definition) is 3. The molecule has 6 nitrogen and oxygen atoms in total. The maximum Gasteiger partial charge on any atom is 0.319 e. The molecule has 120 valence electrons. The molecule has 2 rings (SSSR count). The van der Waals surface area contributed by atoms with E-state index in [1.54, 1.807) is 0 Å². The van der Waals surface area contributed by atoms with Crippen molar-refractivity contribution in [2.45, 2.75) is 39.8 Å². The van der Waals surface area contributed by atoms with Crippen molar-refractivity contribution in [1.82, 2.24) is 15.1 Å². The van der Waals surface area contributed by atoms with E-state index in [0.717, 1.165) is 10.9 Å². The van der Waals surface area contributed by atoms with Gasteiger partial charge in [0.2, 0.25) is 0 Å². The molecule has 6 heteroatoms. The van der Waals surface area contributed by atoms with Crippen molar-refractivity contribution in [2.75, 3.05) is 11.9 Å². The highest BCUT2D eigenvalue weighted by molar-refractivity contribution is 5.92. The number of aromatic nitrogens is 2. The van der Waals surface area contributed by atoms with Crippen LogP contribution < -0.4 is 10.6 Å². The molecular formula is C16H24N4O2. The van der Waals surface area contributed by atoms with E-state index in [1.807, 2.05) is 42.9 Å². The minimum Gasteiger partial charge on any atom is -0.391 e. The first-order valence-electron chi connectivity index (χ1n) is 7.58. The Morgan fingerprint density at radius 2 is 2.05 bits per heavy atom. The molecule has 0 spiro atoms. The first-order valence-corrected chi connectivity index (χ1v) is 7.58. The number of nitrogens with one attached hydrogen (secondary N) is 2. The maximum absolute atomic E-state index is 11.9. The van der Waals surface area contributed by atoms with E-state index < -0.39 is 6.10 Å². The number of rotatable bonds is 5. The minimum absolute atomic E-state index is 0.108. The van der Waals surface area contributed by atoms with Gasteiger partial charge in [0.25, 0.3) is 0 Å². The molecule has 22 heavy (non-hydrogen) atoms. The Morgan fingerprint density at radius 3 is 2.68 bits per heavy atom. The van der Waals surface area contributed by atoms with Crippen molar-refractivity contribution in [3.8, 4) is 0 Å². The summed E-state index contributed by atoms with van der Waals surface area (Å²) >= 11 is 0. The first-order chi connectivity index (χ1) is 10.4. The number of nitrogens with zero attached hydrogens (tertiary/aromatic N) is 2. The summed E-state index contributed by atoms with van der Waals surface area (Å²) in [6.07, 6.45) is 1.27. The van der Waals surface area contributed by atoms with Crippen molar-refractivity contribution < 1.29 is 9.90 Å². The van der Waals surface area contributed by atoms with Crippen LogP contribution in [0.2, 0.25) is 0 Å². The van der Waals surface area contributed by atoms with Crippen molar-refractivity contribution in [3.63, 3.8) is 0 Å². The van der Waals surface area contributed by atoms with Gasteiger partial charge >= 0.3 is 6.03 Å². The fraction of sp³-hybridized carbons (Fsp3) is 0.500. The van der Waals surface area contributed by atoms with Gasteiger partial charge in [-0.2, -0.15) is 5.10 Å². The third-order valence-corrected chi connectivity index (χ3v) is 3.59. The molecule has 0 aliphatic rings. The van der Waals surface area contributed by atoms with Crippen LogP contribution in [0, 0.1) is 5.92 Å². The second-order valence-electron chi connectivity index (χ2n) is 6.10. The molecule has 1 aromatic heterocycles.